The first-order valence-electron chi connectivity index (χ1n) is 12.3. The van der Waals surface area contributed by atoms with Crippen molar-refractivity contribution < 1.29 is 27.2 Å². The van der Waals surface area contributed by atoms with Crippen LogP contribution in [0.1, 0.15) is 26.3 Å². The fraction of sp³-hybridized carbons (Fsp3) is 0.520. The first kappa shape index (κ1) is 29.4. The van der Waals surface area contributed by atoms with E-state index >= 15 is 0 Å². The summed E-state index contributed by atoms with van der Waals surface area (Å²) >= 11 is 0. The third-order valence-electron chi connectivity index (χ3n) is 6.98. The molecule has 2 aromatic rings. The van der Waals surface area contributed by atoms with Crippen LogP contribution in [0.2, 0.25) is 18.1 Å². The molecule has 3 amide bonds. The van der Waals surface area contributed by atoms with E-state index in [1.54, 1.807) is 6.07 Å². The van der Waals surface area contributed by atoms with Crippen molar-refractivity contribution in [3.63, 3.8) is 0 Å². The van der Waals surface area contributed by atoms with Crippen molar-refractivity contribution in [2.45, 2.75) is 51.5 Å². The maximum absolute atomic E-state index is 12.7. The lowest BCUT2D eigenvalue weighted by Gasteiger charge is -2.36. The van der Waals surface area contributed by atoms with E-state index < -0.39 is 32.1 Å². The Labute approximate surface area is 220 Å². The number of alkyl halides is 3. The summed E-state index contributed by atoms with van der Waals surface area (Å²) in [6.07, 6.45) is -2.76. The van der Waals surface area contributed by atoms with Crippen LogP contribution < -0.4 is 11.0 Å². The van der Waals surface area contributed by atoms with E-state index in [0.29, 0.717) is 23.6 Å². The molecule has 38 heavy (non-hydrogen) atoms. The summed E-state index contributed by atoms with van der Waals surface area (Å²) in [5, 5.41) is 2.61. The lowest BCUT2D eigenvalue weighted by Crippen LogP contribution is -2.54. The number of carbonyl (C=O) groups is 2. The van der Waals surface area contributed by atoms with Gasteiger partial charge in [-0.3, -0.25) is 14.7 Å². The average molecular weight is 554 g/mol. The molecule has 1 aliphatic rings. The number of benzene rings is 1. The second kappa shape index (κ2) is 11.3. The zero-order valence-corrected chi connectivity index (χ0v) is 23.3. The van der Waals surface area contributed by atoms with Crippen LogP contribution in [0.25, 0.3) is 5.69 Å². The van der Waals surface area contributed by atoms with Crippen molar-refractivity contribution in [2.24, 2.45) is 0 Å². The number of carbonyl (C=O) groups excluding carboxylic acids is 2. The molecular formula is C25H34F3N5O4Si. The van der Waals surface area contributed by atoms with E-state index in [-0.39, 0.29) is 37.0 Å². The molecule has 0 unspecified atom stereocenters. The van der Waals surface area contributed by atoms with E-state index in [1.807, 2.05) is 18.2 Å². The van der Waals surface area contributed by atoms with E-state index in [0.717, 1.165) is 5.56 Å². The summed E-state index contributed by atoms with van der Waals surface area (Å²) in [4.78, 5) is 42.4. The zero-order chi connectivity index (χ0) is 28.3. The number of amides is 3. The molecule has 9 nitrogen and oxygen atoms in total. The molecule has 13 heteroatoms. The van der Waals surface area contributed by atoms with Crippen LogP contribution in [-0.2, 0) is 15.6 Å². The fourth-order valence-electron chi connectivity index (χ4n) is 3.65. The van der Waals surface area contributed by atoms with Gasteiger partial charge in [0.05, 0.1) is 5.69 Å². The Balaban J connectivity index is 1.60. The molecule has 1 aliphatic heterocycles. The number of halogens is 3. The lowest BCUT2D eigenvalue weighted by molar-refractivity contribution is -0.186. The van der Waals surface area contributed by atoms with Gasteiger partial charge in [0.2, 0.25) is 0 Å². The van der Waals surface area contributed by atoms with Crippen molar-refractivity contribution in [3.8, 4) is 5.69 Å². The van der Waals surface area contributed by atoms with Crippen LogP contribution in [-0.4, -0.2) is 78.6 Å². The predicted octanol–water partition coefficient (Wildman–Crippen LogP) is 4.04. The van der Waals surface area contributed by atoms with Crippen LogP contribution in [0.15, 0.2) is 41.3 Å². The van der Waals surface area contributed by atoms with Crippen LogP contribution in [0.3, 0.4) is 0 Å². The average Bonchev–Trinajstić information content (AvgIpc) is 2.82. The molecule has 0 bridgehead atoms. The first-order valence-corrected chi connectivity index (χ1v) is 15.2. The molecule has 1 fully saturated rings. The van der Waals surface area contributed by atoms with Crippen molar-refractivity contribution in [1.29, 1.82) is 0 Å². The smallest absolute Gasteiger partial charge is 0.416 e. The molecule has 0 saturated carbocycles. The Morgan fingerprint density at radius 2 is 1.68 bits per heavy atom. The first-order chi connectivity index (χ1) is 17.6. The van der Waals surface area contributed by atoms with Gasteiger partial charge in [-0.15, -0.1) is 0 Å². The fourth-order valence-corrected chi connectivity index (χ4v) is 4.70. The van der Waals surface area contributed by atoms with E-state index in [1.165, 1.54) is 21.7 Å². The molecule has 0 atom stereocenters. The monoisotopic (exact) mass is 553 g/mol. The van der Waals surface area contributed by atoms with Crippen molar-refractivity contribution in [3.05, 3.63) is 52.6 Å². The van der Waals surface area contributed by atoms with E-state index in [9.17, 15) is 27.6 Å². The Morgan fingerprint density at radius 1 is 1.05 bits per heavy atom. The maximum Gasteiger partial charge on any atom is 0.471 e. The van der Waals surface area contributed by atoms with Gasteiger partial charge < -0.3 is 14.2 Å². The van der Waals surface area contributed by atoms with Gasteiger partial charge in [0, 0.05) is 39.0 Å². The van der Waals surface area contributed by atoms with E-state index in [2.05, 4.69) is 44.2 Å². The van der Waals surface area contributed by atoms with Gasteiger partial charge in [0.1, 0.15) is 5.82 Å². The number of hydrogen-bond donors (Lipinski definition) is 1. The highest BCUT2D eigenvalue weighted by molar-refractivity contribution is 6.74. The Kier molecular flexibility index (Phi) is 8.71. The molecule has 208 valence electrons. The molecule has 3 rings (SSSR count). The molecule has 0 radical (unpaired) electrons. The number of anilines is 1. The normalized spacial score (nSPS) is 14.9. The summed E-state index contributed by atoms with van der Waals surface area (Å²) in [6.45, 7) is 10.9. The summed E-state index contributed by atoms with van der Waals surface area (Å²) in [6, 6.07) is 8.34. The molecule has 1 saturated heterocycles. The van der Waals surface area contributed by atoms with Crippen LogP contribution in [0.5, 0.6) is 0 Å². The highest BCUT2D eigenvalue weighted by Crippen LogP contribution is 2.36. The number of hydrogen-bond acceptors (Lipinski definition) is 5. The number of nitrogens with zero attached hydrogens (tertiary/aromatic N) is 4. The Hall–Kier alpha value is -3.19. The second-order valence-electron chi connectivity index (χ2n) is 10.7. The Bertz CT molecular complexity index is 1220. The number of aromatic nitrogens is 2. The van der Waals surface area contributed by atoms with Crippen molar-refractivity contribution in [2.75, 3.05) is 38.1 Å². The maximum atomic E-state index is 12.7. The number of rotatable bonds is 6. The standard InChI is InChI=1S/C25H34F3N5O4Si/c1-24(2,3)38(4,5)37-16-10-18-7-6-8-19(17-18)33-11-9-20(30-23(33)36)29-22(35)32-14-12-31(13-15-32)21(34)25(26,27)28/h6-9,11,17H,10,12-16H2,1-5H3,(H,29,30,35,36). The van der Waals surface area contributed by atoms with Gasteiger partial charge in [-0.2, -0.15) is 18.2 Å². The largest absolute Gasteiger partial charge is 0.471 e. The van der Waals surface area contributed by atoms with Gasteiger partial charge in [-0.1, -0.05) is 32.9 Å². The van der Waals surface area contributed by atoms with Gasteiger partial charge >= 0.3 is 23.8 Å². The predicted molar refractivity (Wildman–Crippen MR) is 140 cm³/mol. The highest BCUT2D eigenvalue weighted by Gasteiger charge is 2.43. The minimum Gasteiger partial charge on any atom is -0.416 e. The molecule has 1 aromatic heterocycles. The van der Waals surface area contributed by atoms with Crippen molar-refractivity contribution in [1.82, 2.24) is 19.4 Å². The topological polar surface area (TPSA) is 96.8 Å². The van der Waals surface area contributed by atoms with Gasteiger partial charge in [-0.25, -0.2) is 9.59 Å². The van der Waals surface area contributed by atoms with Gasteiger partial charge in [0.15, 0.2) is 8.32 Å². The van der Waals surface area contributed by atoms with Crippen LogP contribution >= 0.6 is 0 Å². The number of urea groups is 1. The van der Waals surface area contributed by atoms with E-state index in [4.69, 9.17) is 4.43 Å². The lowest BCUT2D eigenvalue weighted by atomic mass is 10.1. The molecule has 1 aromatic carbocycles. The highest BCUT2D eigenvalue weighted by atomic mass is 28.4. The minimum absolute atomic E-state index is 0.0176. The summed E-state index contributed by atoms with van der Waals surface area (Å²) < 4.78 is 45.4. The quantitative estimate of drug-likeness (QED) is 0.545. The second-order valence-corrected chi connectivity index (χ2v) is 15.5. The summed E-state index contributed by atoms with van der Waals surface area (Å²) in [5.41, 5.74) is 1.03. The minimum atomic E-state index is -4.95. The third-order valence-corrected chi connectivity index (χ3v) is 11.5. The summed E-state index contributed by atoms with van der Waals surface area (Å²) in [5.74, 6) is -1.90. The van der Waals surface area contributed by atoms with Gasteiger partial charge in [0.25, 0.3) is 0 Å². The number of nitrogens with one attached hydrogen (secondary N) is 1. The SMILES string of the molecule is CC(C)(C)[Si](C)(C)OCCc1cccc(-n2ccc(NC(=O)N3CCN(C(=O)C(F)(F)F)CC3)nc2=O)c1. The Morgan fingerprint density at radius 3 is 2.26 bits per heavy atom. The van der Waals surface area contributed by atoms with Crippen molar-refractivity contribution >= 4 is 26.1 Å². The molecule has 0 aliphatic carbocycles. The molecular weight excluding hydrogens is 519 g/mol. The molecule has 2 heterocycles. The molecule has 0 spiro atoms. The number of piperazine rings is 1. The van der Waals surface area contributed by atoms with Crippen LogP contribution in [0.4, 0.5) is 23.8 Å². The summed E-state index contributed by atoms with van der Waals surface area (Å²) in [7, 11) is -1.86. The van der Waals surface area contributed by atoms with Crippen LogP contribution in [0, 0.1) is 0 Å². The zero-order valence-electron chi connectivity index (χ0n) is 22.3. The molecule has 1 N–H and O–H groups in total. The van der Waals surface area contributed by atoms with Gasteiger partial charge in [-0.05, 0) is 48.3 Å². The third kappa shape index (κ3) is 7.22.